The van der Waals surface area contributed by atoms with Crippen LogP contribution in [0.5, 0.6) is 0 Å². The highest BCUT2D eigenvalue weighted by Gasteiger charge is 1.47. The van der Waals surface area contributed by atoms with Gasteiger partial charge in [-0.2, -0.15) is 8.42 Å². The van der Waals surface area contributed by atoms with Crippen LogP contribution in [0.4, 0.5) is 0 Å². The molecule has 0 saturated carbocycles. The fourth-order valence-electron chi connectivity index (χ4n) is 0. The maximum Gasteiger partial charge on any atom is 0.209 e. The molecule has 0 rings (SSSR count). The summed E-state index contributed by atoms with van der Waals surface area (Å²) in [5.41, 5.74) is 0. The summed E-state index contributed by atoms with van der Waals surface area (Å²) in [7, 11) is -2.06. The lowest BCUT2D eigenvalue weighted by Gasteiger charge is -1.37. The van der Waals surface area contributed by atoms with Crippen LogP contribution in [0.3, 0.4) is 0 Å². The normalized spacial score (nSPS) is 6.60. The molecular formula is C2H3O2S. The molecule has 3 heteroatoms. The van der Waals surface area contributed by atoms with E-state index < -0.39 is 10.3 Å². The maximum absolute atomic E-state index is 9.25. The van der Waals surface area contributed by atoms with E-state index in [-0.39, 0.29) is 0 Å². The minimum atomic E-state index is -2.06. The van der Waals surface area contributed by atoms with Gasteiger partial charge in [-0.05, 0) is 6.92 Å². The molecule has 29 valence electrons. The van der Waals surface area contributed by atoms with Crippen LogP contribution in [0.1, 0.15) is 0 Å². The van der Waals surface area contributed by atoms with Gasteiger partial charge in [0.15, 0.2) is 0 Å². The van der Waals surface area contributed by atoms with Crippen LogP contribution in [0.15, 0.2) is 0 Å². The second-order valence-corrected chi connectivity index (χ2v) is 1.28. The fourth-order valence-corrected chi connectivity index (χ4v) is 0. The average molecular weight is 91.1 g/mol. The van der Waals surface area contributed by atoms with Crippen molar-refractivity contribution in [2.75, 3.05) is 0 Å². The second kappa shape index (κ2) is 1.96. The van der Waals surface area contributed by atoms with E-state index in [1.54, 1.807) is 0 Å². The average Bonchev–Trinajstić information content (AvgIpc) is 1.38. The molecule has 0 amide bonds. The Balaban J connectivity index is 4.25. The Morgan fingerprint density at radius 2 is 1.80 bits per heavy atom. The minimum Gasteiger partial charge on any atom is -0.185 e. The van der Waals surface area contributed by atoms with Crippen molar-refractivity contribution < 1.29 is 8.42 Å². The van der Waals surface area contributed by atoms with Crippen LogP contribution in [0, 0.1) is 6.92 Å². The molecule has 0 aliphatic rings. The molecule has 1 radical (unpaired) electrons. The van der Waals surface area contributed by atoms with E-state index in [1.807, 2.05) is 0 Å². The third-order valence-corrected chi connectivity index (χ3v) is 0.408. The quantitative estimate of drug-likeness (QED) is 0.377. The van der Waals surface area contributed by atoms with Crippen LogP contribution in [0.2, 0.25) is 0 Å². The SMILES string of the molecule is [CH2]C=S(=O)=O. The Hall–Kier alpha value is -0.310. The Bertz CT molecular complexity index is 111. The van der Waals surface area contributed by atoms with Gasteiger partial charge in [-0.1, -0.05) is 0 Å². The highest BCUT2D eigenvalue weighted by Crippen LogP contribution is 1.29. The standard InChI is InChI=1S/C2H3O2S/c1-2-5(3)4/h2H,1H2. The van der Waals surface area contributed by atoms with Crippen molar-refractivity contribution in [2.24, 2.45) is 0 Å². The molecule has 0 aromatic heterocycles. The molecule has 0 atom stereocenters. The zero-order chi connectivity index (χ0) is 4.28. The van der Waals surface area contributed by atoms with Crippen molar-refractivity contribution in [1.29, 1.82) is 0 Å². The molecule has 0 spiro atoms. The number of hydrogen-bond donors (Lipinski definition) is 0. The molecule has 0 saturated heterocycles. The largest absolute Gasteiger partial charge is 0.209 e. The van der Waals surface area contributed by atoms with E-state index in [4.69, 9.17) is 0 Å². The van der Waals surface area contributed by atoms with E-state index in [0.717, 1.165) is 5.37 Å². The van der Waals surface area contributed by atoms with Gasteiger partial charge in [-0.25, -0.2) is 0 Å². The zero-order valence-electron chi connectivity index (χ0n) is 2.51. The van der Waals surface area contributed by atoms with Gasteiger partial charge >= 0.3 is 0 Å². The number of hydrogen-bond acceptors (Lipinski definition) is 2. The third-order valence-electron chi connectivity index (χ3n) is 0.136. The Morgan fingerprint density at radius 3 is 1.80 bits per heavy atom. The van der Waals surface area contributed by atoms with E-state index >= 15 is 0 Å². The molecule has 2 nitrogen and oxygen atoms in total. The summed E-state index contributed by atoms with van der Waals surface area (Å²) in [6, 6.07) is 0. The van der Waals surface area contributed by atoms with E-state index in [9.17, 15) is 8.42 Å². The predicted molar refractivity (Wildman–Crippen MR) is 20.3 cm³/mol. The van der Waals surface area contributed by atoms with E-state index in [2.05, 4.69) is 6.92 Å². The van der Waals surface area contributed by atoms with Crippen LogP contribution >= 0.6 is 0 Å². The van der Waals surface area contributed by atoms with Gasteiger partial charge in [-0.15, -0.1) is 0 Å². The summed E-state index contributed by atoms with van der Waals surface area (Å²) in [6.45, 7) is 2.95. The maximum atomic E-state index is 9.25. The summed E-state index contributed by atoms with van der Waals surface area (Å²) in [4.78, 5) is 0. The Kier molecular flexibility index (Phi) is 1.84. The molecule has 0 aromatic rings. The summed E-state index contributed by atoms with van der Waals surface area (Å²) in [5.74, 6) is 0. The molecular weight excluding hydrogens is 88.1 g/mol. The van der Waals surface area contributed by atoms with E-state index in [0.29, 0.717) is 0 Å². The first-order valence-corrected chi connectivity index (χ1v) is 2.12. The first-order valence-electron chi connectivity index (χ1n) is 0.977. The van der Waals surface area contributed by atoms with Crippen molar-refractivity contribution in [2.45, 2.75) is 0 Å². The summed E-state index contributed by atoms with van der Waals surface area (Å²) in [5, 5.41) is 0.833. The van der Waals surface area contributed by atoms with Crippen molar-refractivity contribution >= 4 is 15.7 Å². The Morgan fingerprint density at radius 1 is 1.60 bits per heavy atom. The molecule has 0 aromatic carbocycles. The van der Waals surface area contributed by atoms with Gasteiger partial charge in [0.05, 0.1) is 0 Å². The van der Waals surface area contributed by atoms with Crippen LogP contribution in [0.25, 0.3) is 0 Å². The van der Waals surface area contributed by atoms with E-state index in [1.165, 1.54) is 0 Å². The van der Waals surface area contributed by atoms with Gasteiger partial charge in [0.2, 0.25) is 10.3 Å². The van der Waals surface area contributed by atoms with Crippen LogP contribution in [-0.2, 0) is 10.3 Å². The molecule has 0 aliphatic carbocycles. The van der Waals surface area contributed by atoms with Gasteiger partial charge in [0.25, 0.3) is 0 Å². The first kappa shape index (κ1) is 4.69. The van der Waals surface area contributed by atoms with Crippen LogP contribution < -0.4 is 0 Å². The molecule has 0 heterocycles. The summed E-state index contributed by atoms with van der Waals surface area (Å²) < 4.78 is 18.5. The molecule has 0 N–H and O–H groups in total. The molecule has 0 unspecified atom stereocenters. The van der Waals surface area contributed by atoms with Crippen molar-refractivity contribution in [3.8, 4) is 0 Å². The monoisotopic (exact) mass is 91.0 g/mol. The third kappa shape index (κ3) is 3.69. The van der Waals surface area contributed by atoms with Crippen molar-refractivity contribution in [3.05, 3.63) is 6.92 Å². The number of rotatable bonds is 0. The van der Waals surface area contributed by atoms with Gasteiger partial charge in [0.1, 0.15) is 0 Å². The Labute approximate surface area is 32.0 Å². The first-order chi connectivity index (χ1) is 2.27. The predicted octanol–water partition coefficient (Wildman–Crippen LogP) is -0.498. The lowest BCUT2D eigenvalue weighted by molar-refractivity contribution is 0.627. The molecule has 5 heavy (non-hydrogen) atoms. The highest BCUT2D eigenvalue weighted by atomic mass is 32.2. The molecule has 0 aliphatic heterocycles. The van der Waals surface area contributed by atoms with Crippen molar-refractivity contribution in [3.63, 3.8) is 0 Å². The topological polar surface area (TPSA) is 34.1 Å². The highest BCUT2D eigenvalue weighted by molar-refractivity contribution is 7.71. The zero-order valence-corrected chi connectivity index (χ0v) is 3.33. The lowest BCUT2D eigenvalue weighted by atomic mass is 11.0. The smallest absolute Gasteiger partial charge is 0.185 e. The minimum absolute atomic E-state index is 0.833. The molecule has 0 bridgehead atoms. The van der Waals surface area contributed by atoms with Crippen LogP contribution in [-0.4, -0.2) is 13.8 Å². The van der Waals surface area contributed by atoms with Gasteiger partial charge in [0, 0.05) is 5.37 Å². The summed E-state index contributed by atoms with van der Waals surface area (Å²) in [6.07, 6.45) is 0. The van der Waals surface area contributed by atoms with Crippen molar-refractivity contribution in [1.82, 2.24) is 0 Å². The second-order valence-electron chi connectivity index (χ2n) is 0.427. The summed E-state index contributed by atoms with van der Waals surface area (Å²) >= 11 is 0. The van der Waals surface area contributed by atoms with Gasteiger partial charge < -0.3 is 0 Å². The fraction of sp³-hybridized carbons (Fsp3) is 0. The lowest BCUT2D eigenvalue weighted by Crippen LogP contribution is -1.56. The van der Waals surface area contributed by atoms with Gasteiger partial charge in [-0.3, -0.25) is 0 Å². The molecule has 0 fully saturated rings.